The number of nitrogens with zero attached hydrogens (tertiary/aromatic N) is 1. The molecule has 3 N–H and O–H groups in total. The van der Waals surface area contributed by atoms with Crippen LogP contribution >= 0.6 is 0 Å². The fourth-order valence-electron chi connectivity index (χ4n) is 3.25. The number of carbonyl (C=O) groups is 2. The highest BCUT2D eigenvalue weighted by Gasteiger charge is 2.26. The molecular formula is C19H21N3O2. The second kappa shape index (κ2) is 6.84. The molecule has 0 radical (unpaired) electrons. The Hall–Kier alpha value is -2.66. The number of hydrogen-bond acceptors (Lipinski definition) is 3. The predicted octanol–water partition coefficient (Wildman–Crippen LogP) is 2.34. The number of nitrogens with one attached hydrogen (secondary N) is 1. The van der Waals surface area contributed by atoms with Gasteiger partial charge in [-0.15, -0.1) is 0 Å². The van der Waals surface area contributed by atoms with Crippen LogP contribution in [0.4, 0.5) is 5.69 Å². The van der Waals surface area contributed by atoms with Gasteiger partial charge in [0.1, 0.15) is 0 Å². The number of anilines is 1. The first-order valence-electron chi connectivity index (χ1n) is 8.02. The Bertz CT molecular complexity index is 755. The largest absolute Gasteiger partial charge is 0.366 e. The standard InChI is InChI=1S/C19H21N3O2/c1-22(17-11-8-13-4-2-3-5-16(13)17)12-18(23)21-15-9-6-14(7-10-15)19(20)24/h2-7,9-10,17H,8,11-12H2,1H3,(H2,20,24)(H,21,23)/t17-/m0/s1. The zero-order valence-corrected chi connectivity index (χ0v) is 13.7. The summed E-state index contributed by atoms with van der Waals surface area (Å²) < 4.78 is 0. The SMILES string of the molecule is CN(CC(=O)Nc1ccc(C(N)=O)cc1)[C@H]1CCc2ccccc21. The predicted molar refractivity (Wildman–Crippen MR) is 93.7 cm³/mol. The van der Waals surface area contributed by atoms with Crippen molar-refractivity contribution in [3.8, 4) is 0 Å². The highest BCUT2D eigenvalue weighted by molar-refractivity contribution is 5.95. The van der Waals surface area contributed by atoms with Gasteiger partial charge in [-0.3, -0.25) is 14.5 Å². The number of benzene rings is 2. The molecule has 1 aliphatic carbocycles. The molecule has 0 fully saturated rings. The molecule has 0 heterocycles. The van der Waals surface area contributed by atoms with Crippen LogP contribution in [-0.4, -0.2) is 30.3 Å². The van der Waals surface area contributed by atoms with Crippen LogP contribution in [0, 0.1) is 0 Å². The molecule has 0 aliphatic heterocycles. The molecule has 0 saturated carbocycles. The van der Waals surface area contributed by atoms with Crippen LogP contribution in [0.25, 0.3) is 0 Å². The summed E-state index contributed by atoms with van der Waals surface area (Å²) >= 11 is 0. The quantitative estimate of drug-likeness (QED) is 0.887. The van der Waals surface area contributed by atoms with E-state index in [-0.39, 0.29) is 11.9 Å². The molecule has 0 aromatic heterocycles. The van der Waals surface area contributed by atoms with Crippen molar-refractivity contribution in [3.63, 3.8) is 0 Å². The molecule has 2 amide bonds. The van der Waals surface area contributed by atoms with E-state index in [0.717, 1.165) is 12.8 Å². The van der Waals surface area contributed by atoms with Crippen LogP contribution in [0.15, 0.2) is 48.5 Å². The highest BCUT2D eigenvalue weighted by atomic mass is 16.2. The number of primary amides is 1. The fourth-order valence-corrected chi connectivity index (χ4v) is 3.25. The number of fused-ring (bicyclic) bond motifs is 1. The summed E-state index contributed by atoms with van der Waals surface area (Å²) in [7, 11) is 1.97. The first-order valence-corrected chi connectivity index (χ1v) is 8.02. The molecule has 1 aliphatic rings. The third-order valence-electron chi connectivity index (χ3n) is 4.48. The maximum absolute atomic E-state index is 12.3. The smallest absolute Gasteiger partial charge is 0.248 e. The fraction of sp³-hybridized carbons (Fsp3) is 0.263. The molecule has 3 rings (SSSR count). The van der Waals surface area contributed by atoms with E-state index in [9.17, 15) is 9.59 Å². The zero-order chi connectivity index (χ0) is 17.1. The Morgan fingerprint density at radius 1 is 1.17 bits per heavy atom. The van der Waals surface area contributed by atoms with Crippen LogP contribution in [0.5, 0.6) is 0 Å². The summed E-state index contributed by atoms with van der Waals surface area (Å²) in [5.74, 6) is -0.554. The van der Waals surface area contributed by atoms with Gasteiger partial charge in [0.05, 0.1) is 6.54 Å². The summed E-state index contributed by atoms with van der Waals surface area (Å²) in [5.41, 5.74) is 8.98. The molecule has 5 nitrogen and oxygen atoms in total. The van der Waals surface area contributed by atoms with Gasteiger partial charge in [0.15, 0.2) is 0 Å². The molecule has 0 unspecified atom stereocenters. The van der Waals surface area contributed by atoms with Crippen molar-refractivity contribution in [2.75, 3.05) is 18.9 Å². The highest BCUT2D eigenvalue weighted by Crippen LogP contribution is 2.34. The van der Waals surface area contributed by atoms with Gasteiger partial charge in [-0.25, -0.2) is 0 Å². The normalized spacial score (nSPS) is 16.0. The molecule has 2 aromatic rings. The Balaban J connectivity index is 1.60. The average molecular weight is 323 g/mol. The maximum atomic E-state index is 12.3. The lowest BCUT2D eigenvalue weighted by Gasteiger charge is -2.24. The molecule has 5 heteroatoms. The van der Waals surface area contributed by atoms with Crippen molar-refractivity contribution in [1.82, 2.24) is 4.90 Å². The van der Waals surface area contributed by atoms with E-state index in [2.05, 4.69) is 28.4 Å². The summed E-state index contributed by atoms with van der Waals surface area (Å²) in [6.45, 7) is 0.316. The Labute approximate surface area is 141 Å². The van der Waals surface area contributed by atoms with Crippen molar-refractivity contribution in [1.29, 1.82) is 0 Å². The molecular weight excluding hydrogens is 302 g/mol. The molecule has 1 atom stereocenters. The number of aryl methyl sites for hydroxylation is 1. The minimum atomic E-state index is -0.479. The number of likely N-dealkylation sites (N-methyl/N-ethyl adjacent to an activating group) is 1. The Kier molecular flexibility index (Phi) is 4.62. The lowest BCUT2D eigenvalue weighted by atomic mass is 10.1. The van der Waals surface area contributed by atoms with Crippen LogP contribution in [0.3, 0.4) is 0 Å². The third-order valence-corrected chi connectivity index (χ3v) is 4.48. The van der Waals surface area contributed by atoms with E-state index in [4.69, 9.17) is 5.73 Å². The van der Waals surface area contributed by atoms with Crippen molar-refractivity contribution in [2.24, 2.45) is 5.73 Å². The summed E-state index contributed by atoms with van der Waals surface area (Å²) in [6.07, 6.45) is 2.10. The summed E-state index contributed by atoms with van der Waals surface area (Å²) in [5, 5.41) is 2.85. The number of amides is 2. The van der Waals surface area contributed by atoms with Gasteiger partial charge < -0.3 is 11.1 Å². The minimum Gasteiger partial charge on any atom is -0.366 e. The van der Waals surface area contributed by atoms with Crippen molar-refractivity contribution in [2.45, 2.75) is 18.9 Å². The van der Waals surface area contributed by atoms with E-state index in [1.54, 1.807) is 24.3 Å². The first kappa shape index (κ1) is 16.2. The van der Waals surface area contributed by atoms with Gasteiger partial charge in [-0.2, -0.15) is 0 Å². The topological polar surface area (TPSA) is 75.4 Å². The minimum absolute atomic E-state index is 0.0753. The monoisotopic (exact) mass is 323 g/mol. The number of nitrogens with two attached hydrogens (primary N) is 1. The van der Waals surface area contributed by atoms with Crippen molar-refractivity contribution >= 4 is 17.5 Å². The lowest BCUT2D eigenvalue weighted by Crippen LogP contribution is -2.32. The average Bonchev–Trinajstić information content (AvgIpc) is 2.99. The summed E-state index contributed by atoms with van der Waals surface area (Å²) in [4.78, 5) is 25.4. The first-order chi connectivity index (χ1) is 11.5. The molecule has 0 saturated heterocycles. The molecule has 124 valence electrons. The Morgan fingerprint density at radius 2 is 1.88 bits per heavy atom. The zero-order valence-electron chi connectivity index (χ0n) is 13.7. The second-order valence-corrected chi connectivity index (χ2v) is 6.16. The van der Waals surface area contributed by atoms with Gasteiger partial charge in [-0.05, 0) is 55.3 Å². The Morgan fingerprint density at radius 3 is 2.58 bits per heavy atom. The van der Waals surface area contributed by atoms with Crippen molar-refractivity contribution in [3.05, 3.63) is 65.2 Å². The number of carbonyl (C=O) groups excluding carboxylic acids is 2. The molecule has 24 heavy (non-hydrogen) atoms. The number of hydrogen-bond donors (Lipinski definition) is 2. The van der Waals surface area contributed by atoms with Gasteiger partial charge in [0, 0.05) is 17.3 Å². The van der Waals surface area contributed by atoms with E-state index in [0.29, 0.717) is 17.8 Å². The van der Waals surface area contributed by atoms with E-state index < -0.39 is 5.91 Å². The van der Waals surface area contributed by atoms with E-state index >= 15 is 0 Å². The maximum Gasteiger partial charge on any atom is 0.248 e. The third kappa shape index (κ3) is 3.46. The molecule has 0 spiro atoms. The van der Waals surface area contributed by atoms with Crippen molar-refractivity contribution < 1.29 is 9.59 Å². The van der Waals surface area contributed by atoms with Crippen LogP contribution in [-0.2, 0) is 11.2 Å². The lowest BCUT2D eigenvalue weighted by molar-refractivity contribution is -0.117. The molecule has 0 bridgehead atoms. The number of rotatable bonds is 5. The van der Waals surface area contributed by atoms with E-state index in [1.807, 2.05) is 13.1 Å². The molecule has 2 aromatic carbocycles. The van der Waals surface area contributed by atoms with Crippen LogP contribution in [0.2, 0.25) is 0 Å². The summed E-state index contributed by atoms with van der Waals surface area (Å²) in [6, 6.07) is 15.3. The van der Waals surface area contributed by atoms with Crippen LogP contribution in [0.1, 0.15) is 33.9 Å². The van der Waals surface area contributed by atoms with Gasteiger partial charge in [0.2, 0.25) is 11.8 Å². The van der Waals surface area contributed by atoms with Gasteiger partial charge in [0.25, 0.3) is 0 Å². The second-order valence-electron chi connectivity index (χ2n) is 6.16. The van der Waals surface area contributed by atoms with Gasteiger partial charge in [-0.1, -0.05) is 24.3 Å². The van der Waals surface area contributed by atoms with Gasteiger partial charge >= 0.3 is 0 Å². The van der Waals surface area contributed by atoms with Crippen LogP contribution < -0.4 is 11.1 Å². The van der Waals surface area contributed by atoms with E-state index in [1.165, 1.54) is 11.1 Å².